The number of rotatable bonds is 2. The Hall–Kier alpha value is 1.75. The molecule has 2 nitrogen and oxygen atoms in total. The molecule has 0 bridgehead atoms. The molecule has 0 unspecified atom stereocenters. The Morgan fingerprint density at radius 3 is 1.00 bits per heavy atom. The van der Waals surface area contributed by atoms with Crippen LogP contribution in [-0.4, -0.2) is 27.2 Å². The van der Waals surface area contributed by atoms with Gasteiger partial charge in [0.15, 0.2) is 0 Å². The van der Waals surface area contributed by atoms with E-state index in [9.17, 15) is 0 Å². The average molecular weight is 341 g/mol. The molecule has 0 aliphatic rings. The van der Waals surface area contributed by atoms with E-state index in [1.54, 1.807) is 14.1 Å². The molecule has 64 valence electrons. The van der Waals surface area contributed by atoms with Gasteiger partial charge in [0.2, 0.25) is 0 Å². The van der Waals surface area contributed by atoms with Crippen molar-refractivity contribution in [3.63, 3.8) is 0 Å². The SMILES string of the molecule is Br.CC[N-]C.CC[N-]C.[Nd]. The zero-order valence-corrected chi connectivity index (χ0v) is 12.1. The van der Waals surface area contributed by atoms with E-state index in [4.69, 9.17) is 0 Å². The fourth-order valence-electron chi connectivity index (χ4n) is 0. The summed E-state index contributed by atoms with van der Waals surface area (Å²) < 4.78 is 0. The summed E-state index contributed by atoms with van der Waals surface area (Å²) in [5.41, 5.74) is 0. The molecule has 0 aliphatic carbocycles. The monoisotopic (exact) mass is 338 g/mol. The van der Waals surface area contributed by atoms with Crippen LogP contribution in [0.15, 0.2) is 0 Å². The minimum atomic E-state index is 0. The van der Waals surface area contributed by atoms with E-state index in [0.717, 1.165) is 13.1 Å². The van der Waals surface area contributed by atoms with Crippen LogP contribution in [0.25, 0.3) is 10.6 Å². The maximum absolute atomic E-state index is 3.74. The van der Waals surface area contributed by atoms with Gasteiger partial charge in [-0.3, -0.25) is 0 Å². The van der Waals surface area contributed by atoms with Crippen molar-refractivity contribution in [2.75, 3.05) is 27.2 Å². The Bertz CT molecular complexity index is 23.7. The third-order valence-electron chi connectivity index (χ3n) is 0.632. The fourth-order valence-corrected chi connectivity index (χ4v) is 0. The standard InChI is InChI=1S/2C3H8N.BrH.Nd/c2*1-3-4-2;;/h2*3H2,1-2H3;1H;/q2*-1;;. The molecular weight excluding hydrogens is 324 g/mol. The molecule has 0 saturated carbocycles. The maximum Gasteiger partial charge on any atom is 0 e. The second kappa shape index (κ2) is 30.9. The van der Waals surface area contributed by atoms with Gasteiger partial charge in [-0.2, -0.15) is 27.2 Å². The third-order valence-corrected chi connectivity index (χ3v) is 0.632. The van der Waals surface area contributed by atoms with Crippen LogP contribution in [-0.2, 0) is 0 Å². The molecule has 0 aromatic heterocycles. The van der Waals surface area contributed by atoms with Crippen molar-refractivity contribution in [1.82, 2.24) is 0 Å². The van der Waals surface area contributed by atoms with Gasteiger partial charge in [0.05, 0.1) is 0 Å². The number of nitrogens with zero attached hydrogens (tertiary/aromatic N) is 2. The molecule has 0 aliphatic heterocycles. The van der Waals surface area contributed by atoms with E-state index in [-0.39, 0.29) is 57.8 Å². The van der Waals surface area contributed by atoms with Crippen LogP contribution in [0.2, 0.25) is 0 Å². The minimum Gasteiger partial charge on any atom is -0.665 e. The van der Waals surface area contributed by atoms with Crippen LogP contribution >= 0.6 is 17.0 Å². The predicted octanol–water partition coefficient (Wildman–Crippen LogP) is 2.60. The molecular formula is C6H17BrN2Nd-2. The largest absolute Gasteiger partial charge is 0.665 e. The van der Waals surface area contributed by atoms with Crippen molar-refractivity contribution in [3.05, 3.63) is 10.6 Å². The normalized spacial score (nSPS) is 6.00. The van der Waals surface area contributed by atoms with E-state index in [2.05, 4.69) is 10.6 Å². The molecule has 0 spiro atoms. The Balaban J connectivity index is -0.0000000300. The van der Waals surface area contributed by atoms with E-state index < -0.39 is 0 Å². The topological polar surface area (TPSA) is 28.2 Å². The van der Waals surface area contributed by atoms with Crippen molar-refractivity contribution in [3.8, 4) is 0 Å². The second-order valence-electron chi connectivity index (χ2n) is 1.26. The third kappa shape index (κ3) is 53.1. The van der Waals surface area contributed by atoms with E-state index in [0.29, 0.717) is 0 Å². The molecule has 0 rings (SSSR count). The van der Waals surface area contributed by atoms with Gasteiger partial charge in [-0.1, -0.05) is 13.8 Å². The summed E-state index contributed by atoms with van der Waals surface area (Å²) in [6.07, 6.45) is 0. The molecule has 0 N–H and O–H groups in total. The molecule has 0 amide bonds. The Labute approximate surface area is 108 Å². The van der Waals surface area contributed by atoms with Gasteiger partial charge >= 0.3 is 0 Å². The van der Waals surface area contributed by atoms with Gasteiger partial charge in [0, 0.05) is 40.8 Å². The first-order valence-electron chi connectivity index (χ1n) is 2.94. The molecule has 4 heteroatoms. The van der Waals surface area contributed by atoms with Crippen molar-refractivity contribution < 1.29 is 40.8 Å². The molecule has 0 atom stereocenters. The number of hydrogen-bond donors (Lipinski definition) is 0. The number of halogens is 1. The van der Waals surface area contributed by atoms with Crippen LogP contribution in [0.5, 0.6) is 0 Å². The van der Waals surface area contributed by atoms with E-state index in [1.165, 1.54) is 0 Å². The van der Waals surface area contributed by atoms with E-state index in [1.807, 2.05) is 13.8 Å². The summed E-state index contributed by atoms with van der Waals surface area (Å²) in [6, 6.07) is 0. The fraction of sp³-hybridized carbons (Fsp3) is 1.00. The van der Waals surface area contributed by atoms with Crippen LogP contribution < -0.4 is 0 Å². The first-order valence-corrected chi connectivity index (χ1v) is 2.94. The Morgan fingerprint density at radius 1 is 0.900 bits per heavy atom. The zero-order valence-electron chi connectivity index (χ0n) is 7.22. The first kappa shape index (κ1) is 22.6. The summed E-state index contributed by atoms with van der Waals surface area (Å²) in [6.45, 7) is 5.92. The molecule has 0 aromatic carbocycles. The van der Waals surface area contributed by atoms with Crippen molar-refractivity contribution >= 4 is 17.0 Å². The van der Waals surface area contributed by atoms with Crippen molar-refractivity contribution in [2.24, 2.45) is 0 Å². The van der Waals surface area contributed by atoms with Gasteiger partial charge in [0.1, 0.15) is 0 Å². The van der Waals surface area contributed by atoms with Crippen LogP contribution in [0, 0.1) is 40.8 Å². The molecule has 0 aromatic rings. The predicted molar refractivity (Wildman–Crippen MR) is 50.0 cm³/mol. The summed E-state index contributed by atoms with van der Waals surface area (Å²) in [5, 5.41) is 7.47. The summed E-state index contributed by atoms with van der Waals surface area (Å²) in [7, 11) is 3.61. The van der Waals surface area contributed by atoms with Gasteiger partial charge in [-0.25, -0.2) is 0 Å². The Morgan fingerprint density at radius 2 is 1.00 bits per heavy atom. The van der Waals surface area contributed by atoms with Gasteiger partial charge in [-0.05, 0) is 0 Å². The molecule has 0 radical (unpaired) electrons. The van der Waals surface area contributed by atoms with Crippen LogP contribution in [0.1, 0.15) is 13.8 Å². The van der Waals surface area contributed by atoms with Gasteiger partial charge < -0.3 is 10.6 Å². The minimum absolute atomic E-state index is 0. The summed E-state index contributed by atoms with van der Waals surface area (Å²) >= 11 is 0. The summed E-state index contributed by atoms with van der Waals surface area (Å²) in [4.78, 5) is 0. The van der Waals surface area contributed by atoms with Crippen molar-refractivity contribution in [2.45, 2.75) is 13.8 Å². The molecule has 0 fully saturated rings. The average Bonchev–Trinajstić information content (AvgIpc) is 1.88. The second-order valence-corrected chi connectivity index (χ2v) is 1.26. The first-order chi connectivity index (χ1) is 3.83. The molecule has 0 saturated heterocycles. The molecule has 10 heavy (non-hydrogen) atoms. The van der Waals surface area contributed by atoms with Crippen molar-refractivity contribution in [1.29, 1.82) is 0 Å². The quantitative estimate of drug-likeness (QED) is 0.739. The zero-order chi connectivity index (χ0) is 6.83. The van der Waals surface area contributed by atoms with Gasteiger partial charge in [0.25, 0.3) is 0 Å². The number of hydrogen-bond acceptors (Lipinski definition) is 0. The van der Waals surface area contributed by atoms with Crippen LogP contribution in [0.3, 0.4) is 0 Å². The van der Waals surface area contributed by atoms with E-state index >= 15 is 0 Å². The van der Waals surface area contributed by atoms with Crippen LogP contribution in [0.4, 0.5) is 0 Å². The Kier molecular flexibility index (Phi) is 69.9. The van der Waals surface area contributed by atoms with Gasteiger partial charge in [-0.15, -0.1) is 17.0 Å². The maximum atomic E-state index is 3.74. The summed E-state index contributed by atoms with van der Waals surface area (Å²) in [5.74, 6) is 0. The molecule has 0 heterocycles. The smallest absolute Gasteiger partial charge is 0 e.